The van der Waals surface area contributed by atoms with Crippen molar-refractivity contribution in [3.8, 4) is 5.75 Å². The molecule has 0 radical (unpaired) electrons. The number of imidazole rings is 1. The first-order valence-electron chi connectivity index (χ1n) is 9.79. The van der Waals surface area contributed by atoms with Gasteiger partial charge in [0, 0.05) is 31.1 Å². The second-order valence-electron chi connectivity index (χ2n) is 7.39. The maximum Gasteiger partial charge on any atom is 0.323 e. The van der Waals surface area contributed by atoms with E-state index < -0.39 is 0 Å². The zero-order valence-corrected chi connectivity index (χ0v) is 17.8. The first kappa shape index (κ1) is 20.4. The molecule has 3 aromatic rings. The molecule has 2 aromatic carbocycles. The number of aromatic nitrogens is 2. The van der Waals surface area contributed by atoms with Crippen LogP contribution in [0.15, 0.2) is 54.9 Å². The van der Waals surface area contributed by atoms with Crippen LogP contribution >= 0.6 is 11.6 Å². The highest BCUT2D eigenvalue weighted by molar-refractivity contribution is 6.30. The number of benzene rings is 2. The van der Waals surface area contributed by atoms with E-state index >= 15 is 0 Å². The molecule has 156 valence electrons. The molecule has 30 heavy (non-hydrogen) atoms. The maximum absolute atomic E-state index is 12.5. The molecule has 0 bridgehead atoms. The van der Waals surface area contributed by atoms with Crippen LogP contribution in [-0.2, 0) is 35.6 Å². The molecule has 1 aliphatic rings. The van der Waals surface area contributed by atoms with Crippen LogP contribution in [0.1, 0.15) is 22.5 Å². The molecule has 2 heterocycles. The molecule has 0 spiro atoms. The second kappa shape index (κ2) is 8.90. The number of methoxy groups -OCH3 is 2. The summed E-state index contributed by atoms with van der Waals surface area (Å²) in [4.78, 5) is 19.2. The van der Waals surface area contributed by atoms with E-state index in [1.807, 2.05) is 54.9 Å². The largest absolute Gasteiger partial charge is 0.497 e. The normalized spacial score (nSPS) is 16.2. The third kappa shape index (κ3) is 4.35. The fourth-order valence-corrected chi connectivity index (χ4v) is 3.97. The zero-order chi connectivity index (χ0) is 21.1. The van der Waals surface area contributed by atoms with Crippen molar-refractivity contribution in [2.24, 2.45) is 0 Å². The molecule has 0 N–H and O–H groups in total. The summed E-state index contributed by atoms with van der Waals surface area (Å²) < 4.78 is 12.5. The SMILES string of the molecule is COC(=O)C1Cc2ncn(Cc3ccc(Cl)cc3)c2CN1Cc1ccc(OC)cc1. The van der Waals surface area contributed by atoms with Crippen LogP contribution in [0.5, 0.6) is 5.75 Å². The Balaban J connectivity index is 1.58. The fourth-order valence-electron chi connectivity index (χ4n) is 3.84. The van der Waals surface area contributed by atoms with Crippen LogP contribution in [0, 0.1) is 0 Å². The lowest BCUT2D eigenvalue weighted by atomic mass is 10.0. The van der Waals surface area contributed by atoms with Gasteiger partial charge in [-0.05, 0) is 35.4 Å². The fraction of sp³-hybridized carbons (Fsp3) is 0.304. The number of ether oxygens (including phenoxy) is 2. The van der Waals surface area contributed by atoms with Crippen molar-refractivity contribution in [1.29, 1.82) is 0 Å². The lowest BCUT2D eigenvalue weighted by molar-refractivity contribution is -0.148. The van der Waals surface area contributed by atoms with Gasteiger partial charge in [-0.1, -0.05) is 35.9 Å². The average molecular weight is 426 g/mol. The molecular formula is C23H24ClN3O3. The molecule has 1 aromatic heterocycles. The number of nitrogens with zero attached hydrogens (tertiary/aromatic N) is 3. The summed E-state index contributed by atoms with van der Waals surface area (Å²) in [5.41, 5.74) is 4.33. The first-order chi connectivity index (χ1) is 14.6. The predicted octanol–water partition coefficient (Wildman–Crippen LogP) is 3.69. The summed E-state index contributed by atoms with van der Waals surface area (Å²) in [6.07, 6.45) is 2.39. The van der Waals surface area contributed by atoms with Gasteiger partial charge in [-0.15, -0.1) is 0 Å². The molecule has 0 fully saturated rings. The van der Waals surface area contributed by atoms with E-state index in [0.29, 0.717) is 26.1 Å². The van der Waals surface area contributed by atoms with Crippen molar-refractivity contribution >= 4 is 17.6 Å². The van der Waals surface area contributed by atoms with Crippen LogP contribution in [0.2, 0.25) is 5.02 Å². The van der Waals surface area contributed by atoms with Crippen molar-refractivity contribution in [2.75, 3.05) is 14.2 Å². The Labute approximate surface area is 181 Å². The molecule has 0 saturated carbocycles. The molecule has 6 nitrogen and oxygen atoms in total. The van der Waals surface area contributed by atoms with E-state index in [1.54, 1.807) is 7.11 Å². The monoisotopic (exact) mass is 425 g/mol. The number of hydrogen-bond acceptors (Lipinski definition) is 5. The van der Waals surface area contributed by atoms with E-state index in [1.165, 1.54) is 7.11 Å². The minimum Gasteiger partial charge on any atom is -0.497 e. The van der Waals surface area contributed by atoms with Gasteiger partial charge in [0.1, 0.15) is 11.8 Å². The Bertz CT molecular complexity index is 1020. The molecular weight excluding hydrogens is 402 g/mol. The maximum atomic E-state index is 12.5. The number of carbonyl (C=O) groups excluding carboxylic acids is 1. The smallest absolute Gasteiger partial charge is 0.323 e. The molecule has 0 saturated heterocycles. The highest BCUT2D eigenvalue weighted by Gasteiger charge is 2.34. The highest BCUT2D eigenvalue weighted by Crippen LogP contribution is 2.26. The van der Waals surface area contributed by atoms with Gasteiger partial charge in [0.15, 0.2) is 0 Å². The second-order valence-corrected chi connectivity index (χ2v) is 7.82. The third-order valence-corrected chi connectivity index (χ3v) is 5.75. The van der Waals surface area contributed by atoms with E-state index in [0.717, 1.165) is 33.3 Å². The van der Waals surface area contributed by atoms with Crippen molar-refractivity contribution in [1.82, 2.24) is 14.5 Å². The van der Waals surface area contributed by atoms with Gasteiger partial charge >= 0.3 is 5.97 Å². The van der Waals surface area contributed by atoms with Gasteiger partial charge in [0.25, 0.3) is 0 Å². The highest BCUT2D eigenvalue weighted by atomic mass is 35.5. The summed E-state index contributed by atoms with van der Waals surface area (Å²) in [7, 11) is 3.08. The lowest BCUT2D eigenvalue weighted by Crippen LogP contribution is -2.46. The van der Waals surface area contributed by atoms with Crippen LogP contribution < -0.4 is 4.74 Å². The molecule has 1 aliphatic heterocycles. The Morgan fingerprint density at radius 2 is 1.73 bits per heavy atom. The quantitative estimate of drug-likeness (QED) is 0.564. The molecule has 1 unspecified atom stereocenters. The number of rotatable bonds is 6. The number of halogens is 1. The van der Waals surface area contributed by atoms with Gasteiger partial charge in [-0.3, -0.25) is 9.69 Å². The Kier molecular flexibility index (Phi) is 6.06. The van der Waals surface area contributed by atoms with Gasteiger partial charge in [0.05, 0.1) is 31.9 Å². The first-order valence-corrected chi connectivity index (χ1v) is 10.2. The molecule has 4 rings (SSSR count). The summed E-state index contributed by atoms with van der Waals surface area (Å²) in [6.45, 7) is 1.96. The Morgan fingerprint density at radius 1 is 1.07 bits per heavy atom. The van der Waals surface area contributed by atoms with Crippen LogP contribution in [-0.4, -0.2) is 40.7 Å². The third-order valence-electron chi connectivity index (χ3n) is 5.50. The molecule has 0 amide bonds. The Hall–Kier alpha value is -2.83. The van der Waals surface area contributed by atoms with Gasteiger partial charge in [-0.25, -0.2) is 4.98 Å². The minimum atomic E-state index is -0.358. The van der Waals surface area contributed by atoms with Crippen LogP contribution in [0.25, 0.3) is 0 Å². The lowest BCUT2D eigenvalue weighted by Gasteiger charge is -2.34. The zero-order valence-electron chi connectivity index (χ0n) is 17.0. The number of esters is 1. The van der Waals surface area contributed by atoms with Gasteiger partial charge in [0.2, 0.25) is 0 Å². The van der Waals surface area contributed by atoms with Gasteiger partial charge < -0.3 is 14.0 Å². The summed E-state index contributed by atoms with van der Waals surface area (Å²) in [5, 5.41) is 0.720. The number of carbonyl (C=O) groups is 1. The average Bonchev–Trinajstić information content (AvgIpc) is 3.16. The number of hydrogen-bond donors (Lipinski definition) is 0. The molecule has 7 heteroatoms. The topological polar surface area (TPSA) is 56.6 Å². The van der Waals surface area contributed by atoms with Crippen molar-refractivity contribution in [2.45, 2.75) is 32.1 Å². The number of fused-ring (bicyclic) bond motifs is 1. The predicted molar refractivity (Wildman–Crippen MR) is 115 cm³/mol. The van der Waals surface area contributed by atoms with Crippen molar-refractivity contribution < 1.29 is 14.3 Å². The van der Waals surface area contributed by atoms with E-state index in [4.69, 9.17) is 21.1 Å². The molecule has 0 aliphatic carbocycles. The van der Waals surface area contributed by atoms with E-state index in [2.05, 4.69) is 14.5 Å². The molecule has 1 atom stereocenters. The van der Waals surface area contributed by atoms with Gasteiger partial charge in [-0.2, -0.15) is 0 Å². The van der Waals surface area contributed by atoms with Crippen molar-refractivity contribution in [3.05, 3.63) is 82.4 Å². The van der Waals surface area contributed by atoms with Crippen molar-refractivity contribution in [3.63, 3.8) is 0 Å². The summed E-state index contributed by atoms with van der Waals surface area (Å²) in [5.74, 6) is 0.576. The van der Waals surface area contributed by atoms with E-state index in [9.17, 15) is 4.79 Å². The van der Waals surface area contributed by atoms with E-state index in [-0.39, 0.29) is 12.0 Å². The van der Waals surface area contributed by atoms with Crippen LogP contribution in [0.3, 0.4) is 0 Å². The minimum absolute atomic E-state index is 0.235. The van der Waals surface area contributed by atoms with Crippen LogP contribution in [0.4, 0.5) is 0 Å². The standard InChI is InChI=1S/C23H24ClN3O3/c1-29-19-9-5-17(6-10-19)12-26-14-22-20(11-21(26)23(28)30-2)25-15-27(22)13-16-3-7-18(24)8-4-16/h3-10,15,21H,11-14H2,1-2H3. The Morgan fingerprint density at radius 3 is 2.40 bits per heavy atom. The summed E-state index contributed by atoms with van der Waals surface area (Å²) in [6, 6.07) is 15.4. The summed E-state index contributed by atoms with van der Waals surface area (Å²) >= 11 is 6.01.